The molecule has 1 heterocycles. The summed E-state index contributed by atoms with van der Waals surface area (Å²) in [5, 5.41) is 0. The van der Waals surface area contributed by atoms with E-state index in [1.807, 2.05) is 0 Å². The van der Waals surface area contributed by atoms with Gasteiger partial charge in [0.05, 0.1) is 10.5 Å². The SMILES string of the molecule is CC(=O)Oc1ccc(C2=C(c3ccc(S(C)(=O)=O)cc3)COC2=O)cc1. The van der Waals surface area contributed by atoms with Crippen LogP contribution in [0.25, 0.3) is 11.1 Å². The Morgan fingerprint density at radius 2 is 1.58 bits per heavy atom. The van der Waals surface area contributed by atoms with E-state index in [2.05, 4.69) is 0 Å². The van der Waals surface area contributed by atoms with E-state index in [0.717, 1.165) is 6.26 Å². The maximum atomic E-state index is 12.2. The van der Waals surface area contributed by atoms with Gasteiger partial charge in [0.25, 0.3) is 0 Å². The molecule has 6 nitrogen and oxygen atoms in total. The predicted octanol–water partition coefficient (Wildman–Crippen LogP) is 2.48. The number of carbonyl (C=O) groups excluding carboxylic acids is 2. The molecule has 0 atom stereocenters. The van der Waals surface area contributed by atoms with Gasteiger partial charge in [0.15, 0.2) is 9.84 Å². The van der Waals surface area contributed by atoms with Crippen LogP contribution in [0.4, 0.5) is 0 Å². The van der Waals surface area contributed by atoms with Crippen LogP contribution in [-0.4, -0.2) is 33.2 Å². The molecule has 1 aliphatic heterocycles. The first kappa shape index (κ1) is 17.9. The highest BCUT2D eigenvalue weighted by atomic mass is 32.2. The standard InChI is InChI=1S/C19H16O6S/c1-12(20)25-15-7-3-14(4-8-15)18-17(11-24-19(18)21)13-5-9-16(10-6-13)26(2,22)23/h3-10H,11H2,1-2H3. The van der Waals surface area contributed by atoms with Crippen LogP contribution >= 0.6 is 0 Å². The lowest BCUT2D eigenvalue weighted by atomic mass is 9.97. The lowest BCUT2D eigenvalue weighted by Crippen LogP contribution is -2.02. The van der Waals surface area contributed by atoms with Crippen molar-refractivity contribution in [2.45, 2.75) is 11.8 Å². The quantitative estimate of drug-likeness (QED) is 0.605. The monoisotopic (exact) mass is 372 g/mol. The third kappa shape index (κ3) is 3.67. The van der Waals surface area contributed by atoms with E-state index in [4.69, 9.17) is 9.47 Å². The minimum Gasteiger partial charge on any atom is -0.457 e. The second-order valence-electron chi connectivity index (χ2n) is 5.84. The van der Waals surface area contributed by atoms with Crippen LogP contribution in [0.15, 0.2) is 53.4 Å². The van der Waals surface area contributed by atoms with Gasteiger partial charge in [0.2, 0.25) is 0 Å². The zero-order valence-electron chi connectivity index (χ0n) is 14.2. The Balaban J connectivity index is 2.00. The summed E-state index contributed by atoms with van der Waals surface area (Å²) in [5.74, 6) is -0.497. The topological polar surface area (TPSA) is 86.7 Å². The molecule has 1 aliphatic rings. The Kier molecular flexibility index (Phi) is 4.65. The number of sulfone groups is 1. The van der Waals surface area contributed by atoms with Crippen LogP contribution in [0.5, 0.6) is 5.75 Å². The Hall–Kier alpha value is -2.93. The normalized spacial score (nSPS) is 14.3. The number of esters is 2. The van der Waals surface area contributed by atoms with Gasteiger partial charge in [-0.3, -0.25) is 4.79 Å². The van der Waals surface area contributed by atoms with Crippen LogP contribution in [0.3, 0.4) is 0 Å². The molecule has 2 aromatic carbocycles. The first-order valence-corrected chi connectivity index (χ1v) is 9.64. The number of hydrogen-bond donors (Lipinski definition) is 0. The molecule has 134 valence electrons. The van der Waals surface area contributed by atoms with E-state index in [9.17, 15) is 18.0 Å². The third-order valence-electron chi connectivity index (χ3n) is 3.89. The Labute approximate surface area is 151 Å². The third-order valence-corrected chi connectivity index (χ3v) is 5.02. The zero-order chi connectivity index (χ0) is 18.9. The average molecular weight is 372 g/mol. The van der Waals surface area contributed by atoms with Crippen molar-refractivity contribution in [3.8, 4) is 5.75 Å². The second kappa shape index (κ2) is 6.76. The van der Waals surface area contributed by atoms with Crippen LogP contribution < -0.4 is 4.74 Å². The van der Waals surface area contributed by atoms with E-state index in [1.165, 1.54) is 19.1 Å². The number of cyclic esters (lactones) is 1. The van der Waals surface area contributed by atoms with Crippen molar-refractivity contribution >= 4 is 32.9 Å². The lowest BCUT2D eigenvalue weighted by Gasteiger charge is -2.07. The van der Waals surface area contributed by atoms with Crippen LogP contribution in [-0.2, 0) is 24.2 Å². The maximum Gasteiger partial charge on any atom is 0.339 e. The van der Waals surface area contributed by atoms with Crippen molar-refractivity contribution in [2.24, 2.45) is 0 Å². The Bertz CT molecular complexity index is 999. The lowest BCUT2D eigenvalue weighted by molar-refractivity contribution is -0.134. The maximum absolute atomic E-state index is 12.2. The van der Waals surface area contributed by atoms with E-state index < -0.39 is 21.8 Å². The summed E-state index contributed by atoms with van der Waals surface area (Å²) in [4.78, 5) is 23.4. The van der Waals surface area contributed by atoms with E-state index in [0.29, 0.717) is 28.0 Å². The molecule has 0 radical (unpaired) electrons. The van der Waals surface area contributed by atoms with Gasteiger partial charge in [-0.2, -0.15) is 0 Å². The molecule has 0 aromatic heterocycles. The minimum absolute atomic E-state index is 0.109. The summed E-state index contributed by atoms with van der Waals surface area (Å²) < 4.78 is 33.3. The van der Waals surface area contributed by atoms with Gasteiger partial charge in [0, 0.05) is 18.8 Å². The summed E-state index contributed by atoms with van der Waals surface area (Å²) in [7, 11) is -3.29. The molecule has 0 saturated heterocycles. The number of carbonyl (C=O) groups is 2. The number of benzene rings is 2. The van der Waals surface area contributed by atoms with Gasteiger partial charge in [-0.05, 0) is 35.4 Å². The van der Waals surface area contributed by atoms with Crippen LogP contribution in [0.1, 0.15) is 18.1 Å². The van der Waals surface area contributed by atoms with E-state index in [-0.39, 0.29) is 11.5 Å². The molecule has 0 N–H and O–H groups in total. The first-order chi connectivity index (χ1) is 12.3. The summed E-state index contributed by atoms with van der Waals surface area (Å²) in [5.41, 5.74) is 2.43. The summed E-state index contributed by atoms with van der Waals surface area (Å²) in [6.45, 7) is 1.42. The summed E-state index contributed by atoms with van der Waals surface area (Å²) in [6.07, 6.45) is 1.14. The van der Waals surface area contributed by atoms with Crippen LogP contribution in [0.2, 0.25) is 0 Å². The summed E-state index contributed by atoms with van der Waals surface area (Å²) in [6, 6.07) is 12.8. The van der Waals surface area contributed by atoms with Gasteiger partial charge in [-0.1, -0.05) is 24.3 Å². The highest BCUT2D eigenvalue weighted by Crippen LogP contribution is 2.34. The van der Waals surface area contributed by atoms with Crippen molar-refractivity contribution in [3.63, 3.8) is 0 Å². The van der Waals surface area contributed by atoms with Gasteiger partial charge in [-0.15, -0.1) is 0 Å². The second-order valence-corrected chi connectivity index (χ2v) is 7.86. The molecule has 7 heteroatoms. The molecule has 0 unspecified atom stereocenters. The fraction of sp³-hybridized carbons (Fsp3) is 0.158. The number of rotatable bonds is 4. The highest BCUT2D eigenvalue weighted by Gasteiger charge is 2.27. The zero-order valence-corrected chi connectivity index (χ0v) is 15.0. The van der Waals surface area contributed by atoms with Gasteiger partial charge < -0.3 is 9.47 Å². The molecule has 0 saturated carbocycles. The Morgan fingerprint density at radius 1 is 1.00 bits per heavy atom. The van der Waals surface area contributed by atoms with E-state index >= 15 is 0 Å². The molecule has 0 spiro atoms. The average Bonchev–Trinajstić information content (AvgIpc) is 2.96. The molecular weight excluding hydrogens is 356 g/mol. The largest absolute Gasteiger partial charge is 0.457 e. The first-order valence-electron chi connectivity index (χ1n) is 7.75. The van der Waals surface area contributed by atoms with Crippen molar-refractivity contribution in [3.05, 3.63) is 59.7 Å². The van der Waals surface area contributed by atoms with Crippen molar-refractivity contribution in [2.75, 3.05) is 12.9 Å². The Morgan fingerprint density at radius 3 is 2.12 bits per heavy atom. The van der Waals surface area contributed by atoms with Crippen LogP contribution in [0, 0.1) is 0 Å². The smallest absolute Gasteiger partial charge is 0.339 e. The molecule has 3 rings (SSSR count). The summed E-state index contributed by atoms with van der Waals surface area (Å²) >= 11 is 0. The van der Waals surface area contributed by atoms with E-state index in [1.54, 1.807) is 36.4 Å². The highest BCUT2D eigenvalue weighted by molar-refractivity contribution is 7.90. The minimum atomic E-state index is -3.29. The number of hydrogen-bond acceptors (Lipinski definition) is 6. The molecule has 2 aromatic rings. The molecule has 0 aliphatic carbocycles. The van der Waals surface area contributed by atoms with Gasteiger partial charge >= 0.3 is 11.9 Å². The van der Waals surface area contributed by atoms with Gasteiger partial charge in [0.1, 0.15) is 12.4 Å². The van der Waals surface area contributed by atoms with Crippen molar-refractivity contribution in [1.29, 1.82) is 0 Å². The molecule has 26 heavy (non-hydrogen) atoms. The fourth-order valence-electron chi connectivity index (χ4n) is 2.68. The molecule has 0 fully saturated rings. The number of ether oxygens (including phenoxy) is 2. The predicted molar refractivity (Wildman–Crippen MR) is 95.1 cm³/mol. The fourth-order valence-corrected chi connectivity index (χ4v) is 3.31. The molecule has 0 bridgehead atoms. The molecule has 0 amide bonds. The molecular formula is C19H16O6S. The van der Waals surface area contributed by atoms with Crippen molar-refractivity contribution < 1.29 is 27.5 Å². The van der Waals surface area contributed by atoms with Gasteiger partial charge in [-0.25, -0.2) is 13.2 Å². The van der Waals surface area contributed by atoms with Crippen molar-refractivity contribution in [1.82, 2.24) is 0 Å².